The average Bonchev–Trinajstić information content (AvgIpc) is 3.75. The Labute approximate surface area is 215 Å². The second-order valence-corrected chi connectivity index (χ2v) is 10.2. The molecule has 1 aromatic carbocycles. The number of carbonyl (C=O) groups excluding carboxylic acids is 4. The van der Waals surface area contributed by atoms with Crippen LogP contribution in [0.4, 0.5) is 0 Å². The van der Waals surface area contributed by atoms with Crippen LogP contribution in [0, 0.1) is 47.3 Å². The minimum absolute atomic E-state index is 0.0833. The molecule has 1 aromatic rings. The summed E-state index contributed by atoms with van der Waals surface area (Å²) >= 11 is 0. The van der Waals surface area contributed by atoms with Crippen LogP contribution in [-0.2, 0) is 19.2 Å². The topological polar surface area (TPSA) is 190 Å². The van der Waals surface area contributed by atoms with Crippen LogP contribution in [0.15, 0.2) is 48.6 Å². The molecule has 4 bridgehead atoms. The molecule has 2 saturated heterocycles. The highest BCUT2D eigenvalue weighted by atomic mass is 16.5. The molecule has 2 aliphatic heterocycles. The van der Waals surface area contributed by atoms with Crippen molar-refractivity contribution in [3.63, 3.8) is 0 Å². The molecule has 2 heterocycles. The van der Waals surface area contributed by atoms with E-state index >= 15 is 0 Å². The van der Waals surface area contributed by atoms with E-state index in [0.717, 1.165) is 12.8 Å². The van der Waals surface area contributed by atoms with Crippen molar-refractivity contribution >= 4 is 35.6 Å². The minimum atomic E-state index is -1.06. The Morgan fingerprint density at radius 3 is 1.00 bits per heavy atom. The Morgan fingerprint density at radius 1 is 0.553 bits per heavy atom. The molecule has 4 N–H and O–H groups in total. The fourth-order valence-corrected chi connectivity index (χ4v) is 6.53. The van der Waals surface area contributed by atoms with Gasteiger partial charge in [0.15, 0.2) is 0 Å². The molecule has 6 aliphatic rings. The van der Waals surface area contributed by atoms with Gasteiger partial charge >= 0.3 is 11.9 Å². The van der Waals surface area contributed by atoms with Crippen LogP contribution in [0.3, 0.4) is 0 Å². The van der Waals surface area contributed by atoms with E-state index in [2.05, 4.69) is 0 Å². The number of nitrogens with zero attached hydrogens (tertiary/aromatic N) is 2. The van der Waals surface area contributed by atoms with Crippen LogP contribution in [0.5, 0.6) is 0 Å². The van der Waals surface area contributed by atoms with Gasteiger partial charge in [-0.15, -0.1) is 0 Å². The van der Waals surface area contributed by atoms with Crippen molar-refractivity contribution in [2.24, 2.45) is 47.3 Å². The highest BCUT2D eigenvalue weighted by Gasteiger charge is 2.60. The summed E-state index contributed by atoms with van der Waals surface area (Å²) < 4.78 is 0. The number of hydrogen-bond donors (Lipinski definition) is 4. The number of imide groups is 2. The van der Waals surface area contributed by atoms with Crippen LogP contribution in [-0.4, -0.2) is 66.3 Å². The van der Waals surface area contributed by atoms with E-state index in [1.807, 2.05) is 24.3 Å². The average molecular weight is 524 g/mol. The SMILES string of the molecule is O=C(O)c1ccc(C(=O)O)cc1.O=C1C2C3C=CC(C3)C2C(=O)N1O.O=C1C2C3C=CC(C3)C2C(=O)N1O. The number of aromatic carboxylic acids is 2. The van der Waals surface area contributed by atoms with E-state index in [1.54, 1.807) is 0 Å². The maximum atomic E-state index is 11.4. The lowest BCUT2D eigenvalue weighted by Crippen LogP contribution is -2.29. The fourth-order valence-electron chi connectivity index (χ4n) is 6.53. The fraction of sp³-hybridized carbons (Fsp3) is 0.385. The van der Waals surface area contributed by atoms with Crippen LogP contribution >= 0.6 is 0 Å². The zero-order valence-electron chi connectivity index (χ0n) is 19.8. The van der Waals surface area contributed by atoms with Gasteiger partial charge in [0.1, 0.15) is 0 Å². The Bertz CT molecular complexity index is 1140. The van der Waals surface area contributed by atoms with Gasteiger partial charge in [0, 0.05) is 0 Å². The third-order valence-electron chi connectivity index (χ3n) is 8.27. The quantitative estimate of drug-likeness (QED) is 0.250. The first kappa shape index (κ1) is 25.5. The summed E-state index contributed by atoms with van der Waals surface area (Å²) in [6, 6.07) is 5.02. The molecule has 12 nitrogen and oxygen atoms in total. The zero-order chi connectivity index (χ0) is 27.5. The van der Waals surface area contributed by atoms with Gasteiger partial charge in [0.2, 0.25) is 0 Å². The molecule has 0 radical (unpaired) electrons. The van der Waals surface area contributed by atoms with Crippen molar-refractivity contribution in [3.05, 3.63) is 59.7 Å². The molecule has 198 valence electrons. The molecule has 12 heteroatoms. The number of rotatable bonds is 2. The predicted molar refractivity (Wildman–Crippen MR) is 123 cm³/mol. The van der Waals surface area contributed by atoms with Gasteiger partial charge < -0.3 is 10.2 Å². The number of amides is 4. The summed E-state index contributed by atoms with van der Waals surface area (Å²) in [6.07, 6.45) is 9.79. The van der Waals surface area contributed by atoms with Gasteiger partial charge in [0.05, 0.1) is 34.8 Å². The van der Waals surface area contributed by atoms with Crippen LogP contribution in [0.25, 0.3) is 0 Å². The Kier molecular flexibility index (Phi) is 6.24. The second kappa shape index (κ2) is 9.30. The van der Waals surface area contributed by atoms with Gasteiger partial charge in [-0.3, -0.25) is 29.6 Å². The summed E-state index contributed by atoms with van der Waals surface area (Å²) in [5.41, 5.74) is 0.167. The summed E-state index contributed by atoms with van der Waals surface area (Å²) in [5.74, 6) is -4.12. The van der Waals surface area contributed by atoms with Crippen LogP contribution < -0.4 is 0 Å². The maximum Gasteiger partial charge on any atom is 0.335 e. The lowest BCUT2D eigenvalue weighted by atomic mass is 9.85. The molecule has 4 aliphatic carbocycles. The number of hydrogen-bond acceptors (Lipinski definition) is 8. The molecule has 2 saturated carbocycles. The number of hydroxylamine groups is 4. The maximum absolute atomic E-state index is 11.4. The van der Waals surface area contributed by atoms with Gasteiger partial charge in [-0.25, -0.2) is 9.59 Å². The normalized spacial score (nSPS) is 34.7. The Balaban J connectivity index is 0.000000116. The Morgan fingerprint density at radius 2 is 0.789 bits per heavy atom. The first-order valence-corrected chi connectivity index (χ1v) is 12.1. The summed E-state index contributed by atoms with van der Waals surface area (Å²) in [5, 5.41) is 35.8. The van der Waals surface area contributed by atoms with Crippen molar-refractivity contribution in [3.8, 4) is 0 Å². The van der Waals surface area contributed by atoms with Crippen molar-refractivity contribution in [1.29, 1.82) is 0 Å². The third-order valence-corrected chi connectivity index (χ3v) is 8.27. The summed E-state index contributed by atoms with van der Waals surface area (Å²) in [6.45, 7) is 0. The molecule has 4 fully saturated rings. The van der Waals surface area contributed by atoms with E-state index in [4.69, 9.17) is 20.6 Å². The molecule has 0 aromatic heterocycles. The second-order valence-electron chi connectivity index (χ2n) is 10.2. The van der Waals surface area contributed by atoms with E-state index in [-0.39, 0.29) is 58.5 Å². The molecule has 0 spiro atoms. The summed E-state index contributed by atoms with van der Waals surface area (Å²) in [7, 11) is 0. The van der Waals surface area contributed by atoms with Gasteiger partial charge in [-0.2, -0.15) is 10.1 Å². The molecular weight excluding hydrogens is 500 g/mol. The zero-order valence-corrected chi connectivity index (χ0v) is 19.8. The Hall–Kier alpha value is -4.16. The van der Waals surface area contributed by atoms with Crippen molar-refractivity contribution in [2.45, 2.75) is 12.8 Å². The number of carboxylic acids is 2. The minimum Gasteiger partial charge on any atom is -0.478 e. The number of carboxylic acid groups (broad SMARTS) is 2. The summed E-state index contributed by atoms with van der Waals surface area (Å²) in [4.78, 5) is 66.3. The lowest BCUT2D eigenvalue weighted by Gasteiger charge is -2.13. The largest absolute Gasteiger partial charge is 0.478 e. The first-order chi connectivity index (χ1) is 18.0. The van der Waals surface area contributed by atoms with E-state index in [9.17, 15) is 28.8 Å². The standard InChI is InChI=1S/2C9H9NO3.C8H6O4/c2*11-8-6-4-1-2-5(3-4)7(6)9(12)10(8)13;9-7(10)5-1-2-6(4-3-5)8(11)12/h2*1-2,4-7,13H,3H2;1-4H,(H,9,10)(H,11,12). The molecule has 38 heavy (non-hydrogen) atoms. The van der Waals surface area contributed by atoms with E-state index < -0.39 is 35.6 Å². The molecule has 4 amide bonds. The van der Waals surface area contributed by atoms with Gasteiger partial charge in [0.25, 0.3) is 23.6 Å². The van der Waals surface area contributed by atoms with Crippen molar-refractivity contribution in [2.75, 3.05) is 0 Å². The van der Waals surface area contributed by atoms with E-state index in [1.165, 1.54) is 24.3 Å². The number of fused-ring (bicyclic) bond motifs is 10. The lowest BCUT2D eigenvalue weighted by molar-refractivity contribution is -0.174. The number of carbonyl (C=O) groups is 6. The number of allylic oxidation sites excluding steroid dienone is 4. The highest BCUT2D eigenvalue weighted by Crippen LogP contribution is 2.53. The number of benzene rings is 1. The van der Waals surface area contributed by atoms with Crippen molar-refractivity contribution < 1.29 is 49.4 Å². The molecular formula is C26H24N2O10. The highest BCUT2D eigenvalue weighted by molar-refractivity contribution is 6.05. The molecule has 8 atom stereocenters. The monoisotopic (exact) mass is 524 g/mol. The predicted octanol–water partition coefficient (Wildman–Crippen LogP) is 1.45. The van der Waals surface area contributed by atoms with Gasteiger partial charge in [-0.1, -0.05) is 24.3 Å². The molecule has 8 unspecified atom stereocenters. The van der Waals surface area contributed by atoms with Crippen LogP contribution in [0.1, 0.15) is 33.6 Å². The van der Waals surface area contributed by atoms with E-state index in [0.29, 0.717) is 10.1 Å². The first-order valence-electron chi connectivity index (χ1n) is 12.1. The third kappa shape index (κ3) is 3.92. The van der Waals surface area contributed by atoms with Crippen molar-refractivity contribution in [1.82, 2.24) is 10.1 Å². The van der Waals surface area contributed by atoms with Crippen LogP contribution in [0.2, 0.25) is 0 Å². The smallest absolute Gasteiger partial charge is 0.335 e. The van der Waals surface area contributed by atoms with Gasteiger partial charge in [-0.05, 0) is 60.8 Å². The molecule has 7 rings (SSSR count).